The third-order valence-electron chi connectivity index (χ3n) is 10.2. The fourth-order valence-corrected chi connectivity index (χ4v) is 8.02. The largest absolute Gasteiger partial charge is 0.356 e. The van der Waals surface area contributed by atoms with Crippen molar-refractivity contribution in [1.29, 1.82) is 0 Å². The number of fused-ring (bicyclic) bond motifs is 5. The van der Waals surface area contributed by atoms with Gasteiger partial charge < -0.3 is 24.3 Å². The Morgan fingerprint density at radius 1 is 1.00 bits per heavy atom. The second-order valence-corrected chi connectivity index (χ2v) is 13.2. The van der Waals surface area contributed by atoms with Gasteiger partial charge in [0.1, 0.15) is 31.6 Å². The maximum atomic E-state index is 14.4. The molecular formula is C35H38N4O4. The molecule has 8 nitrogen and oxygen atoms in total. The summed E-state index contributed by atoms with van der Waals surface area (Å²) in [5.74, 6) is 0.0628. The topological polar surface area (TPSA) is 78.1 Å². The molecule has 1 aliphatic carbocycles. The lowest BCUT2D eigenvalue weighted by molar-refractivity contribution is -0.160. The maximum absolute atomic E-state index is 14.4. The van der Waals surface area contributed by atoms with Gasteiger partial charge in [-0.1, -0.05) is 60.7 Å². The quantitative estimate of drug-likeness (QED) is 0.493. The van der Waals surface area contributed by atoms with E-state index < -0.39 is 6.04 Å². The number of likely N-dealkylation sites (tertiary alicyclic amines) is 1. The van der Waals surface area contributed by atoms with Gasteiger partial charge in [-0.3, -0.25) is 14.5 Å². The van der Waals surface area contributed by atoms with Gasteiger partial charge in [0.25, 0.3) is 0 Å². The molecule has 3 aromatic rings. The van der Waals surface area contributed by atoms with Crippen molar-refractivity contribution in [1.82, 2.24) is 19.7 Å². The van der Waals surface area contributed by atoms with E-state index in [1.807, 2.05) is 34.1 Å². The standard InChI is InChI=1S/C35H38N4O4/c1-35(2,18-22-8-4-3-5-9-22)37-15-14-24(19-37)38-20-31(40)39-28(34(38)41)17-26-25-10-6-7-11-27(25)36-32(26)33(39)23-12-13-29-30(16-23)43-21-42-29/h3-13,16,24,28-30,33,36H,14-15,17-21H2,1-2H3/t24-,28-,29?,30?,33-/m1/s1. The van der Waals surface area contributed by atoms with Gasteiger partial charge in [0.15, 0.2) is 0 Å². The molecule has 3 fully saturated rings. The van der Waals surface area contributed by atoms with Gasteiger partial charge in [0.2, 0.25) is 11.8 Å². The highest BCUT2D eigenvalue weighted by molar-refractivity contribution is 5.98. The van der Waals surface area contributed by atoms with E-state index >= 15 is 0 Å². The molecule has 5 atom stereocenters. The molecule has 8 rings (SSSR count). The van der Waals surface area contributed by atoms with Gasteiger partial charge in [0.05, 0.1) is 6.04 Å². The van der Waals surface area contributed by atoms with Gasteiger partial charge in [-0.15, -0.1) is 0 Å². The van der Waals surface area contributed by atoms with Crippen LogP contribution in [-0.4, -0.2) is 87.8 Å². The van der Waals surface area contributed by atoms with Crippen molar-refractivity contribution in [2.24, 2.45) is 0 Å². The molecule has 4 aliphatic heterocycles. The summed E-state index contributed by atoms with van der Waals surface area (Å²) in [6, 6.07) is 17.9. The SMILES string of the molecule is CC(C)(Cc1ccccc1)N1CC[C@@H](N2CC(=O)N3[C@H](Cc4c([nH]c5ccccc45)[C@H]3C3=CC4OCOC4C=C3)C2=O)C1. The van der Waals surface area contributed by atoms with Crippen LogP contribution in [0.2, 0.25) is 0 Å². The Kier molecular flexibility index (Phi) is 6.36. The summed E-state index contributed by atoms with van der Waals surface area (Å²) in [5, 5.41) is 1.12. The lowest BCUT2D eigenvalue weighted by Gasteiger charge is -2.49. The third-order valence-corrected chi connectivity index (χ3v) is 10.2. The molecule has 43 heavy (non-hydrogen) atoms. The second kappa shape index (κ2) is 10.2. The van der Waals surface area contributed by atoms with E-state index in [9.17, 15) is 9.59 Å². The lowest BCUT2D eigenvalue weighted by atomic mass is 9.84. The molecule has 1 N–H and O–H groups in total. The van der Waals surface area contributed by atoms with Crippen LogP contribution in [0.4, 0.5) is 0 Å². The first-order chi connectivity index (χ1) is 20.9. The number of amides is 2. The highest BCUT2D eigenvalue weighted by atomic mass is 16.7. The van der Waals surface area contributed by atoms with Crippen LogP contribution in [0.1, 0.15) is 43.1 Å². The van der Waals surface area contributed by atoms with E-state index in [0.29, 0.717) is 6.42 Å². The van der Waals surface area contributed by atoms with Crippen molar-refractivity contribution in [3.05, 3.63) is 95.2 Å². The predicted octanol–water partition coefficient (Wildman–Crippen LogP) is 4.14. The van der Waals surface area contributed by atoms with Crippen LogP contribution in [0.5, 0.6) is 0 Å². The lowest BCUT2D eigenvalue weighted by Crippen LogP contribution is -2.65. The first-order valence-electron chi connectivity index (χ1n) is 15.5. The van der Waals surface area contributed by atoms with E-state index in [2.05, 4.69) is 72.3 Å². The fourth-order valence-electron chi connectivity index (χ4n) is 8.02. The molecule has 5 aliphatic rings. The normalized spacial score (nSPS) is 29.2. The predicted molar refractivity (Wildman–Crippen MR) is 163 cm³/mol. The zero-order chi connectivity index (χ0) is 29.3. The summed E-state index contributed by atoms with van der Waals surface area (Å²) >= 11 is 0. The van der Waals surface area contributed by atoms with Crippen LogP contribution >= 0.6 is 0 Å². The Bertz CT molecular complexity index is 1640. The van der Waals surface area contributed by atoms with E-state index in [0.717, 1.165) is 53.7 Å². The van der Waals surface area contributed by atoms with Crippen molar-refractivity contribution >= 4 is 22.7 Å². The highest BCUT2D eigenvalue weighted by Gasteiger charge is 2.51. The molecule has 0 radical (unpaired) electrons. The van der Waals surface area contributed by atoms with E-state index in [1.54, 1.807) is 0 Å². The van der Waals surface area contributed by atoms with Gasteiger partial charge >= 0.3 is 0 Å². The number of benzene rings is 2. The van der Waals surface area contributed by atoms with Gasteiger partial charge in [-0.2, -0.15) is 0 Å². The van der Waals surface area contributed by atoms with Crippen LogP contribution in [0.15, 0.2) is 78.4 Å². The number of nitrogens with one attached hydrogen (secondary N) is 1. The number of para-hydroxylation sites is 1. The number of carbonyl (C=O) groups is 2. The van der Waals surface area contributed by atoms with Crippen LogP contribution in [0.25, 0.3) is 10.9 Å². The Morgan fingerprint density at radius 2 is 1.79 bits per heavy atom. The highest BCUT2D eigenvalue weighted by Crippen LogP contribution is 2.45. The van der Waals surface area contributed by atoms with Crippen molar-refractivity contribution in [2.75, 3.05) is 26.4 Å². The number of aromatic amines is 1. The monoisotopic (exact) mass is 578 g/mol. The first kappa shape index (κ1) is 26.9. The Labute approximate surface area is 251 Å². The van der Waals surface area contributed by atoms with Gasteiger partial charge in [0, 0.05) is 47.7 Å². The van der Waals surface area contributed by atoms with Crippen molar-refractivity contribution in [3.8, 4) is 0 Å². The molecule has 0 saturated carbocycles. The molecule has 0 spiro atoms. The van der Waals surface area contributed by atoms with E-state index in [-0.39, 0.29) is 55.0 Å². The molecule has 5 heterocycles. The molecule has 2 amide bonds. The summed E-state index contributed by atoms with van der Waals surface area (Å²) in [6.07, 6.45) is 8.16. The second-order valence-electron chi connectivity index (χ2n) is 13.2. The summed E-state index contributed by atoms with van der Waals surface area (Å²) in [6.45, 7) is 6.63. The van der Waals surface area contributed by atoms with Crippen LogP contribution < -0.4 is 0 Å². The van der Waals surface area contributed by atoms with Gasteiger partial charge in [-0.05, 0) is 55.5 Å². The molecule has 1 aromatic heterocycles. The molecule has 0 bridgehead atoms. The third kappa shape index (κ3) is 4.46. The van der Waals surface area contributed by atoms with Crippen molar-refractivity contribution in [3.63, 3.8) is 0 Å². The minimum atomic E-state index is -0.544. The molecular weight excluding hydrogens is 540 g/mol. The molecule has 2 aromatic carbocycles. The number of nitrogens with zero attached hydrogens (tertiary/aromatic N) is 3. The minimum Gasteiger partial charge on any atom is -0.356 e. The Morgan fingerprint density at radius 3 is 2.65 bits per heavy atom. The number of carbonyl (C=O) groups excluding carboxylic acids is 2. The van der Waals surface area contributed by atoms with Crippen LogP contribution in [0.3, 0.4) is 0 Å². The fraction of sp³-hybridized carbons (Fsp3) is 0.429. The molecule has 222 valence electrons. The smallest absolute Gasteiger partial charge is 0.246 e. The average Bonchev–Trinajstić information content (AvgIpc) is 3.77. The van der Waals surface area contributed by atoms with E-state index in [1.165, 1.54) is 5.56 Å². The number of H-pyrrole nitrogens is 1. The van der Waals surface area contributed by atoms with Crippen LogP contribution in [0, 0.1) is 0 Å². The Balaban J connectivity index is 1.10. The van der Waals surface area contributed by atoms with Crippen molar-refractivity contribution < 1.29 is 19.1 Å². The number of piperazine rings is 1. The summed E-state index contributed by atoms with van der Waals surface area (Å²) in [5.41, 5.74) is 5.37. The summed E-state index contributed by atoms with van der Waals surface area (Å²) < 4.78 is 11.5. The summed E-state index contributed by atoms with van der Waals surface area (Å²) in [7, 11) is 0. The van der Waals surface area contributed by atoms with Gasteiger partial charge in [-0.25, -0.2) is 0 Å². The number of hydrogen-bond donors (Lipinski definition) is 1. The molecule has 3 saturated heterocycles. The zero-order valence-electron chi connectivity index (χ0n) is 24.7. The minimum absolute atomic E-state index is 0.000848. The van der Waals surface area contributed by atoms with E-state index in [4.69, 9.17) is 9.47 Å². The van der Waals surface area contributed by atoms with Crippen LogP contribution in [-0.2, 0) is 31.9 Å². The number of hydrogen-bond acceptors (Lipinski definition) is 5. The zero-order valence-corrected chi connectivity index (χ0v) is 24.7. The molecule has 2 unspecified atom stereocenters. The maximum Gasteiger partial charge on any atom is 0.246 e. The van der Waals surface area contributed by atoms with Crippen molar-refractivity contribution in [2.45, 2.75) is 69.0 Å². The molecule has 8 heteroatoms. The first-order valence-corrected chi connectivity index (χ1v) is 15.5. The number of ether oxygens (including phenoxy) is 2. The average molecular weight is 579 g/mol. The Hall–Kier alpha value is -3.72. The number of rotatable bonds is 5. The number of aromatic nitrogens is 1. The summed E-state index contributed by atoms with van der Waals surface area (Å²) in [4.78, 5) is 38.5.